The van der Waals surface area contributed by atoms with Crippen molar-refractivity contribution < 1.29 is 14.6 Å². The van der Waals surface area contributed by atoms with Gasteiger partial charge in [0.2, 0.25) is 0 Å². The van der Waals surface area contributed by atoms with Crippen LogP contribution in [0.4, 0.5) is 4.39 Å². The van der Waals surface area contributed by atoms with Crippen molar-refractivity contribution in [2.24, 2.45) is 0 Å². The van der Waals surface area contributed by atoms with Gasteiger partial charge in [0.25, 0.3) is 0 Å². The van der Waals surface area contributed by atoms with Gasteiger partial charge in [0.1, 0.15) is 5.82 Å². The largest absolute Gasteiger partial charge is 0.395 e. The van der Waals surface area contributed by atoms with Crippen molar-refractivity contribution in [2.45, 2.75) is 12.5 Å². The molecule has 1 aromatic carbocycles. The van der Waals surface area contributed by atoms with Crippen molar-refractivity contribution in [3.05, 3.63) is 35.6 Å². The predicted octanol–water partition coefficient (Wildman–Crippen LogP) is 0.859. The second-order valence-corrected chi connectivity index (χ2v) is 5.27. The Kier molecular flexibility index (Phi) is 5.91. The summed E-state index contributed by atoms with van der Waals surface area (Å²) in [6.45, 7) is 5.57. The molecular formula is C15H23FN2O2. The average molecular weight is 282 g/mol. The van der Waals surface area contributed by atoms with Crippen LogP contribution >= 0.6 is 0 Å². The Morgan fingerprint density at radius 1 is 1.10 bits per heavy atom. The van der Waals surface area contributed by atoms with Gasteiger partial charge in [-0.05, 0) is 24.1 Å². The van der Waals surface area contributed by atoms with Crippen molar-refractivity contribution in [1.82, 2.24) is 9.80 Å². The smallest absolute Gasteiger partial charge is 0.123 e. The molecule has 0 radical (unpaired) electrons. The first-order valence-corrected chi connectivity index (χ1v) is 7.18. The lowest BCUT2D eigenvalue weighted by Gasteiger charge is -2.34. The molecule has 0 aromatic heterocycles. The molecule has 2 N–H and O–H groups in total. The van der Waals surface area contributed by atoms with Gasteiger partial charge in [-0.2, -0.15) is 0 Å². The van der Waals surface area contributed by atoms with E-state index in [1.165, 1.54) is 12.1 Å². The van der Waals surface area contributed by atoms with Crippen molar-refractivity contribution in [2.75, 3.05) is 45.9 Å². The molecule has 1 fully saturated rings. The maximum atomic E-state index is 13.1. The molecule has 4 nitrogen and oxygen atoms in total. The Labute approximate surface area is 119 Å². The standard InChI is InChI=1S/C15H23FN2O2/c16-14-3-1-2-13(12-14)15(20)4-5-17-6-8-18(9-7-17)10-11-19/h1-3,12,15,19-20H,4-11H2. The van der Waals surface area contributed by atoms with Crippen LogP contribution in [0.25, 0.3) is 0 Å². The van der Waals surface area contributed by atoms with E-state index in [1.807, 2.05) is 0 Å². The first kappa shape index (κ1) is 15.4. The molecular weight excluding hydrogens is 259 g/mol. The van der Waals surface area contributed by atoms with Crippen LogP contribution < -0.4 is 0 Å². The molecule has 1 aromatic rings. The molecule has 0 saturated carbocycles. The predicted molar refractivity (Wildman–Crippen MR) is 75.9 cm³/mol. The summed E-state index contributed by atoms with van der Waals surface area (Å²) in [4.78, 5) is 4.54. The minimum absolute atomic E-state index is 0.207. The fraction of sp³-hybridized carbons (Fsp3) is 0.600. The van der Waals surface area contributed by atoms with Crippen LogP contribution in [0.1, 0.15) is 18.1 Å². The topological polar surface area (TPSA) is 46.9 Å². The Morgan fingerprint density at radius 3 is 2.35 bits per heavy atom. The molecule has 1 unspecified atom stereocenters. The zero-order valence-corrected chi connectivity index (χ0v) is 11.7. The molecule has 1 saturated heterocycles. The van der Waals surface area contributed by atoms with E-state index in [0.29, 0.717) is 12.0 Å². The van der Waals surface area contributed by atoms with Gasteiger partial charge in [-0.25, -0.2) is 4.39 Å². The summed E-state index contributed by atoms with van der Waals surface area (Å²) in [5, 5.41) is 19.0. The minimum atomic E-state index is -0.610. The van der Waals surface area contributed by atoms with Crippen molar-refractivity contribution in [1.29, 1.82) is 0 Å². The molecule has 0 aliphatic carbocycles. The highest BCUT2D eigenvalue weighted by Crippen LogP contribution is 2.18. The number of nitrogens with zero attached hydrogens (tertiary/aromatic N) is 2. The number of halogens is 1. The van der Waals surface area contributed by atoms with Crippen LogP contribution in [0.2, 0.25) is 0 Å². The van der Waals surface area contributed by atoms with E-state index in [9.17, 15) is 9.50 Å². The summed E-state index contributed by atoms with van der Waals surface area (Å²) < 4.78 is 13.1. The summed E-state index contributed by atoms with van der Waals surface area (Å²) in [5.74, 6) is -0.306. The van der Waals surface area contributed by atoms with Gasteiger partial charge in [0.15, 0.2) is 0 Å². The van der Waals surface area contributed by atoms with Gasteiger partial charge in [0, 0.05) is 39.3 Å². The van der Waals surface area contributed by atoms with Gasteiger partial charge in [-0.3, -0.25) is 4.90 Å². The highest BCUT2D eigenvalue weighted by Gasteiger charge is 2.17. The van der Waals surface area contributed by atoms with E-state index in [1.54, 1.807) is 12.1 Å². The molecule has 5 heteroatoms. The SMILES string of the molecule is OCCN1CCN(CCC(O)c2cccc(F)c2)CC1. The molecule has 1 heterocycles. The molecule has 1 aliphatic rings. The molecule has 1 aliphatic heterocycles. The van der Waals surface area contributed by atoms with Crippen LogP contribution in [0.5, 0.6) is 0 Å². The fourth-order valence-electron chi connectivity index (χ4n) is 2.56. The quantitative estimate of drug-likeness (QED) is 0.812. The molecule has 0 bridgehead atoms. The summed E-state index contributed by atoms with van der Waals surface area (Å²) in [6, 6.07) is 6.16. The van der Waals surface area contributed by atoms with E-state index in [4.69, 9.17) is 5.11 Å². The van der Waals surface area contributed by atoms with Gasteiger partial charge in [-0.1, -0.05) is 12.1 Å². The number of aliphatic hydroxyl groups is 2. The highest BCUT2D eigenvalue weighted by atomic mass is 19.1. The fourth-order valence-corrected chi connectivity index (χ4v) is 2.56. The first-order chi connectivity index (χ1) is 9.69. The second kappa shape index (κ2) is 7.69. The van der Waals surface area contributed by atoms with Crippen LogP contribution in [0.3, 0.4) is 0 Å². The normalized spacial score (nSPS) is 19.1. The number of hydrogen-bond acceptors (Lipinski definition) is 4. The van der Waals surface area contributed by atoms with E-state index >= 15 is 0 Å². The third-order valence-electron chi connectivity index (χ3n) is 3.83. The van der Waals surface area contributed by atoms with Gasteiger partial charge in [-0.15, -0.1) is 0 Å². The van der Waals surface area contributed by atoms with Crippen molar-refractivity contribution in [3.8, 4) is 0 Å². The van der Waals surface area contributed by atoms with Crippen molar-refractivity contribution in [3.63, 3.8) is 0 Å². The van der Waals surface area contributed by atoms with Gasteiger partial charge < -0.3 is 15.1 Å². The van der Waals surface area contributed by atoms with E-state index in [2.05, 4.69) is 9.80 Å². The molecule has 0 amide bonds. The Balaban J connectivity index is 1.73. The number of β-amino-alcohol motifs (C(OH)–C–C–N with tert-alkyl or cyclic N) is 1. The molecule has 0 spiro atoms. The maximum Gasteiger partial charge on any atom is 0.123 e. The zero-order valence-electron chi connectivity index (χ0n) is 11.7. The van der Waals surface area contributed by atoms with Crippen molar-refractivity contribution >= 4 is 0 Å². The lowest BCUT2D eigenvalue weighted by Crippen LogP contribution is -2.47. The monoisotopic (exact) mass is 282 g/mol. The third-order valence-corrected chi connectivity index (χ3v) is 3.83. The zero-order chi connectivity index (χ0) is 14.4. The lowest BCUT2D eigenvalue weighted by molar-refractivity contribution is 0.0923. The van der Waals surface area contributed by atoms with Crippen LogP contribution in [-0.2, 0) is 0 Å². The van der Waals surface area contributed by atoms with Gasteiger partial charge in [0.05, 0.1) is 12.7 Å². The second-order valence-electron chi connectivity index (χ2n) is 5.27. The van der Waals surface area contributed by atoms with Crippen LogP contribution in [0, 0.1) is 5.82 Å². The van der Waals surface area contributed by atoms with E-state index in [0.717, 1.165) is 39.3 Å². The first-order valence-electron chi connectivity index (χ1n) is 7.18. The van der Waals surface area contributed by atoms with E-state index < -0.39 is 6.10 Å². The summed E-state index contributed by atoms with van der Waals surface area (Å²) in [6.07, 6.45) is 0.00451. The van der Waals surface area contributed by atoms with Gasteiger partial charge >= 0.3 is 0 Å². The Bertz CT molecular complexity index is 409. The highest BCUT2D eigenvalue weighted by molar-refractivity contribution is 5.18. The Morgan fingerprint density at radius 2 is 1.75 bits per heavy atom. The Hall–Kier alpha value is -1.01. The molecule has 20 heavy (non-hydrogen) atoms. The number of rotatable bonds is 6. The lowest BCUT2D eigenvalue weighted by atomic mass is 10.1. The van der Waals surface area contributed by atoms with Crippen LogP contribution in [0.15, 0.2) is 24.3 Å². The average Bonchev–Trinajstić information content (AvgIpc) is 2.46. The minimum Gasteiger partial charge on any atom is -0.395 e. The molecule has 112 valence electrons. The summed E-state index contributed by atoms with van der Waals surface area (Å²) in [5.41, 5.74) is 0.643. The molecule has 2 rings (SSSR count). The third kappa shape index (κ3) is 4.52. The van der Waals surface area contributed by atoms with Crippen LogP contribution in [-0.4, -0.2) is 65.9 Å². The number of benzene rings is 1. The maximum absolute atomic E-state index is 13.1. The molecule has 1 atom stereocenters. The number of hydrogen-bond donors (Lipinski definition) is 2. The number of aliphatic hydroxyl groups excluding tert-OH is 2. The van der Waals surface area contributed by atoms with E-state index in [-0.39, 0.29) is 12.4 Å². The number of piperazine rings is 1. The summed E-state index contributed by atoms with van der Waals surface area (Å²) >= 11 is 0. The summed E-state index contributed by atoms with van der Waals surface area (Å²) in [7, 11) is 0.